The number of nitrogens with one attached hydrogen (secondary N) is 1. The Morgan fingerprint density at radius 3 is 3.09 bits per heavy atom. The van der Waals surface area contributed by atoms with Crippen molar-refractivity contribution < 1.29 is 9.21 Å². The van der Waals surface area contributed by atoms with Crippen LogP contribution in [0.15, 0.2) is 28.0 Å². The molecule has 2 aromatic heterocycles. The molecule has 2 heterocycles. The van der Waals surface area contributed by atoms with Crippen molar-refractivity contribution in [3.05, 3.63) is 24.2 Å². The van der Waals surface area contributed by atoms with Gasteiger partial charge in [-0.2, -0.15) is 0 Å². The summed E-state index contributed by atoms with van der Waals surface area (Å²) in [6, 6.07) is 4.00. The van der Waals surface area contributed by atoms with Gasteiger partial charge in [0.25, 0.3) is 0 Å². The van der Waals surface area contributed by atoms with E-state index in [9.17, 15) is 4.79 Å². The van der Waals surface area contributed by atoms with Crippen LogP contribution in [-0.4, -0.2) is 31.4 Å². The van der Waals surface area contributed by atoms with Crippen molar-refractivity contribution in [1.29, 1.82) is 0 Å². The number of hydrogen-bond acceptors (Lipinski definition) is 6. The lowest BCUT2D eigenvalue weighted by atomic mass is 10.3. The first-order chi connectivity index (χ1) is 10.7. The van der Waals surface area contributed by atoms with E-state index in [0.717, 1.165) is 18.6 Å². The van der Waals surface area contributed by atoms with Crippen LogP contribution in [0.5, 0.6) is 0 Å². The fourth-order valence-electron chi connectivity index (χ4n) is 2.58. The van der Waals surface area contributed by atoms with Gasteiger partial charge >= 0.3 is 0 Å². The third-order valence-electron chi connectivity index (χ3n) is 3.80. The molecule has 1 fully saturated rings. The third kappa shape index (κ3) is 3.49. The average molecular weight is 321 g/mol. The minimum absolute atomic E-state index is 0.0534. The molecule has 0 radical (unpaired) electrons. The predicted molar refractivity (Wildman–Crippen MR) is 81.2 cm³/mol. The summed E-state index contributed by atoms with van der Waals surface area (Å²) in [4.78, 5) is 12.1. The fraction of sp³-hybridized carbons (Fsp3) is 0.571. The SMILES string of the molecule is C[C@@H](Sc1nnnn1C1CCCC1)C(=O)NCc1ccco1. The molecular formula is C14H19N5O2S. The maximum atomic E-state index is 12.1. The fourth-order valence-corrected chi connectivity index (χ4v) is 3.47. The van der Waals surface area contributed by atoms with E-state index in [4.69, 9.17) is 4.42 Å². The van der Waals surface area contributed by atoms with E-state index in [2.05, 4.69) is 20.8 Å². The summed E-state index contributed by atoms with van der Waals surface area (Å²) in [5.41, 5.74) is 0. The number of furan rings is 1. The van der Waals surface area contributed by atoms with Crippen molar-refractivity contribution >= 4 is 17.7 Å². The van der Waals surface area contributed by atoms with Crippen LogP contribution in [0.1, 0.15) is 44.4 Å². The topological polar surface area (TPSA) is 85.8 Å². The molecule has 1 saturated carbocycles. The molecule has 1 aliphatic carbocycles. The van der Waals surface area contributed by atoms with Gasteiger partial charge in [0.1, 0.15) is 5.76 Å². The number of rotatable bonds is 6. The number of tetrazole rings is 1. The largest absolute Gasteiger partial charge is 0.467 e. The lowest BCUT2D eigenvalue weighted by molar-refractivity contribution is -0.120. The number of thioether (sulfide) groups is 1. The molecule has 22 heavy (non-hydrogen) atoms. The summed E-state index contributed by atoms with van der Waals surface area (Å²) in [6.07, 6.45) is 6.24. The van der Waals surface area contributed by atoms with E-state index >= 15 is 0 Å². The van der Waals surface area contributed by atoms with Crippen LogP contribution in [0.3, 0.4) is 0 Å². The maximum Gasteiger partial charge on any atom is 0.233 e. The second-order valence-electron chi connectivity index (χ2n) is 5.40. The quantitative estimate of drug-likeness (QED) is 0.821. The first kappa shape index (κ1) is 15.1. The van der Waals surface area contributed by atoms with Crippen LogP contribution < -0.4 is 5.32 Å². The van der Waals surface area contributed by atoms with Crippen molar-refractivity contribution in [3.63, 3.8) is 0 Å². The van der Waals surface area contributed by atoms with Gasteiger partial charge in [-0.15, -0.1) is 5.10 Å². The van der Waals surface area contributed by atoms with Gasteiger partial charge in [-0.05, 0) is 42.3 Å². The van der Waals surface area contributed by atoms with E-state index < -0.39 is 0 Å². The highest BCUT2D eigenvalue weighted by molar-refractivity contribution is 8.00. The maximum absolute atomic E-state index is 12.1. The molecule has 118 valence electrons. The van der Waals surface area contributed by atoms with Gasteiger partial charge in [0, 0.05) is 0 Å². The Bertz CT molecular complexity index is 607. The summed E-state index contributed by atoms with van der Waals surface area (Å²) in [7, 11) is 0. The number of aromatic nitrogens is 4. The van der Waals surface area contributed by atoms with Crippen molar-refractivity contribution in [3.8, 4) is 0 Å². The normalized spacial score (nSPS) is 16.8. The van der Waals surface area contributed by atoms with Gasteiger partial charge in [-0.25, -0.2) is 4.68 Å². The zero-order valence-corrected chi connectivity index (χ0v) is 13.3. The van der Waals surface area contributed by atoms with Gasteiger partial charge in [-0.1, -0.05) is 24.6 Å². The molecule has 8 heteroatoms. The molecule has 2 aromatic rings. The standard InChI is InChI=1S/C14H19N5O2S/c1-10(13(20)15-9-12-7-4-8-21-12)22-14-16-17-18-19(14)11-5-2-3-6-11/h4,7-8,10-11H,2-3,5-6,9H2,1H3,(H,15,20)/t10-/m1/s1. The molecule has 0 spiro atoms. The van der Waals surface area contributed by atoms with Gasteiger partial charge in [-0.3, -0.25) is 4.79 Å². The van der Waals surface area contributed by atoms with E-state index in [0.29, 0.717) is 17.7 Å². The van der Waals surface area contributed by atoms with Crippen molar-refractivity contribution in [2.45, 2.75) is 55.6 Å². The zero-order chi connectivity index (χ0) is 15.4. The molecular weight excluding hydrogens is 302 g/mol. The summed E-state index contributed by atoms with van der Waals surface area (Å²) in [5, 5.41) is 15.2. The molecule has 0 saturated heterocycles. The molecule has 0 aliphatic heterocycles. The molecule has 0 unspecified atom stereocenters. The monoisotopic (exact) mass is 321 g/mol. The number of amides is 1. The summed E-state index contributed by atoms with van der Waals surface area (Å²) < 4.78 is 7.07. The van der Waals surface area contributed by atoms with E-state index in [1.807, 2.05) is 17.7 Å². The van der Waals surface area contributed by atoms with E-state index in [-0.39, 0.29) is 11.2 Å². The lowest BCUT2D eigenvalue weighted by Crippen LogP contribution is -2.30. The molecule has 7 nitrogen and oxygen atoms in total. The number of carbonyl (C=O) groups excluding carboxylic acids is 1. The molecule has 0 aromatic carbocycles. The number of carbonyl (C=O) groups is 1. The van der Waals surface area contributed by atoms with Gasteiger partial charge in [0.2, 0.25) is 11.1 Å². The van der Waals surface area contributed by atoms with Gasteiger partial charge in [0.05, 0.1) is 24.1 Å². The predicted octanol–water partition coefficient (Wildman–Crippen LogP) is 2.18. The molecule has 1 amide bonds. The molecule has 1 aliphatic rings. The average Bonchev–Trinajstić information content (AvgIpc) is 3.25. The van der Waals surface area contributed by atoms with Crippen molar-refractivity contribution in [2.24, 2.45) is 0 Å². The van der Waals surface area contributed by atoms with Crippen LogP contribution in [-0.2, 0) is 11.3 Å². The number of nitrogens with zero attached hydrogens (tertiary/aromatic N) is 4. The Morgan fingerprint density at radius 1 is 1.55 bits per heavy atom. The minimum atomic E-state index is -0.263. The lowest BCUT2D eigenvalue weighted by Gasteiger charge is -2.14. The van der Waals surface area contributed by atoms with Gasteiger partial charge < -0.3 is 9.73 Å². The Hall–Kier alpha value is -1.83. The smallest absolute Gasteiger partial charge is 0.233 e. The Morgan fingerprint density at radius 2 is 2.36 bits per heavy atom. The molecule has 1 N–H and O–H groups in total. The van der Waals surface area contributed by atoms with Crippen LogP contribution in [0.25, 0.3) is 0 Å². The van der Waals surface area contributed by atoms with E-state index in [1.54, 1.807) is 12.3 Å². The highest BCUT2D eigenvalue weighted by atomic mass is 32.2. The van der Waals surface area contributed by atoms with Crippen LogP contribution in [0, 0.1) is 0 Å². The second kappa shape index (κ2) is 6.95. The Kier molecular flexibility index (Phi) is 4.77. The second-order valence-corrected chi connectivity index (χ2v) is 6.71. The Balaban J connectivity index is 1.55. The number of hydrogen-bond donors (Lipinski definition) is 1. The highest BCUT2D eigenvalue weighted by Crippen LogP contribution is 2.32. The van der Waals surface area contributed by atoms with Crippen LogP contribution in [0.4, 0.5) is 0 Å². The van der Waals surface area contributed by atoms with Crippen molar-refractivity contribution in [1.82, 2.24) is 25.5 Å². The first-order valence-electron chi connectivity index (χ1n) is 7.48. The first-order valence-corrected chi connectivity index (χ1v) is 8.36. The molecule has 1 atom stereocenters. The van der Waals surface area contributed by atoms with Crippen LogP contribution in [0.2, 0.25) is 0 Å². The zero-order valence-electron chi connectivity index (χ0n) is 12.4. The summed E-state index contributed by atoms with van der Waals surface area (Å²) >= 11 is 1.39. The highest BCUT2D eigenvalue weighted by Gasteiger charge is 2.24. The van der Waals surface area contributed by atoms with Gasteiger partial charge in [0.15, 0.2) is 0 Å². The summed E-state index contributed by atoms with van der Waals surface area (Å²) in [5.74, 6) is 0.684. The third-order valence-corrected chi connectivity index (χ3v) is 4.85. The van der Waals surface area contributed by atoms with Crippen molar-refractivity contribution in [2.75, 3.05) is 0 Å². The summed E-state index contributed by atoms with van der Waals surface area (Å²) in [6.45, 7) is 2.25. The van der Waals surface area contributed by atoms with E-state index in [1.165, 1.54) is 24.6 Å². The molecule has 0 bridgehead atoms. The Labute approximate surface area is 132 Å². The van der Waals surface area contributed by atoms with Crippen LogP contribution >= 0.6 is 11.8 Å². The minimum Gasteiger partial charge on any atom is -0.467 e. The molecule has 3 rings (SSSR count).